The molecular weight excluding hydrogens is 326 g/mol. The van der Waals surface area contributed by atoms with Crippen LogP contribution in [0.3, 0.4) is 0 Å². The largest absolute Gasteiger partial charge is 0.369 e. The Bertz CT molecular complexity index is 402. The fourth-order valence-corrected chi connectivity index (χ4v) is 3.53. The van der Waals surface area contributed by atoms with Crippen LogP contribution < -0.4 is 5.32 Å². The standard InChI is InChI=1S/C18H28BrNO/c1-2-13-20-14-18(16-11-7-8-12-17(16)19)21-15-9-5-3-4-6-10-15/h7-8,11-12,15,18,20H,2-6,9-10,13-14H2,1H3. The van der Waals surface area contributed by atoms with Crippen LogP contribution in [0.1, 0.15) is 63.5 Å². The summed E-state index contributed by atoms with van der Waals surface area (Å²) < 4.78 is 7.65. The fraction of sp³-hybridized carbons (Fsp3) is 0.667. The molecule has 118 valence electrons. The lowest BCUT2D eigenvalue weighted by molar-refractivity contribution is -0.0203. The lowest BCUT2D eigenvalue weighted by Crippen LogP contribution is -2.27. The van der Waals surface area contributed by atoms with Crippen LogP contribution in [0.15, 0.2) is 28.7 Å². The van der Waals surface area contributed by atoms with Crippen LogP contribution in [-0.2, 0) is 4.74 Å². The van der Waals surface area contributed by atoms with Crippen molar-refractivity contribution < 1.29 is 4.74 Å². The number of hydrogen-bond donors (Lipinski definition) is 1. The second kappa shape index (κ2) is 9.60. The van der Waals surface area contributed by atoms with E-state index in [0.29, 0.717) is 6.10 Å². The van der Waals surface area contributed by atoms with E-state index in [1.54, 1.807) is 0 Å². The molecule has 0 heterocycles. The molecule has 1 aliphatic carbocycles. The van der Waals surface area contributed by atoms with E-state index >= 15 is 0 Å². The maximum atomic E-state index is 6.49. The molecular formula is C18H28BrNO. The van der Waals surface area contributed by atoms with E-state index in [9.17, 15) is 0 Å². The Kier molecular flexibility index (Phi) is 7.76. The summed E-state index contributed by atoms with van der Waals surface area (Å²) in [5.74, 6) is 0. The quantitative estimate of drug-likeness (QED) is 0.535. The molecule has 1 aromatic rings. The molecule has 0 aromatic heterocycles. The van der Waals surface area contributed by atoms with Gasteiger partial charge in [-0.3, -0.25) is 0 Å². The van der Waals surface area contributed by atoms with E-state index in [2.05, 4.69) is 52.4 Å². The summed E-state index contributed by atoms with van der Waals surface area (Å²) >= 11 is 3.68. The third-order valence-electron chi connectivity index (χ3n) is 4.17. The SMILES string of the molecule is CCCNCC(OC1CCCCCC1)c1ccccc1Br. The normalized spacial score (nSPS) is 18.4. The van der Waals surface area contributed by atoms with Gasteiger partial charge in [-0.2, -0.15) is 0 Å². The Labute approximate surface area is 137 Å². The summed E-state index contributed by atoms with van der Waals surface area (Å²) in [7, 11) is 0. The van der Waals surface area contributed by atoms with E-state index < -0.39 is 0 Å². The molecule has 2 rings (SSSR count). The lowest BCUT2D eigenvalue weighted by atomic mass is 10.1. The Morgan fingerprint density at radius 1 is 1.19 bits per heavy atom. The highest BCUT2D eigenvalue weighted by atomic mass is 79.9. The first-order valence-corrected chi connectivity index (χ1v) is 9.21. The topological polar surface area (TPSA) is 21.3 Å². The van der Waals surface area contributed by atoms with E-state index in [1.165, 1.54) is 44.1 Å². The molecule has 1 N–H and O–H groups in total. The summed E-state index contributed by atoms with van der Waals surface area (Å²) in [5.41, 5.74) is 1.27. The molecule has 0 bridgehead atoms. The number of rotatable bonds is 7. The number of nitrogens with one attached hydrogen (secondary N) is 1. The highest BCUT2D eigenvalue weighted by Crippen LogP contribution is 2.30. The van der Waals surface area contributed by atoms with Gasteiger partial charge in [-0.05, 0) is 37.4 Å². The summed E-state index contributed by atoms with van der Waals surface area (Å²) in [5, 5.41) is 3.52. The number of halogens is 1. The minimum atomic E-state index is 0.148. The van der Waals surface area contributed by atoms with Crippen LogP contribution >= 0.6 is 15.9 Å². The van der Waals surface area contributed by atoms with Crippen molar-refractivity contribution in [3.8, 4) is 0 Å². The minimum Gasteiger partial charge on any atom is -0.369 e. The zero-order valence-electron chi connectivity index (χ0n) is 13.1. The highest BCUT2D eigenvalue weighted by Gasteiger charge is 2.21. The molecule has 0 spiro atoms. The molecule has 1 aromatic carbocycles. The Morgan fingerprint density at radius 3 is 2.57 bits per heavy atom. The molecule has 1 unspecified atom stereocenters. The van der Waals surface area contributed by atoms with Crippen LogP contribution in [0.25, 0.3) is 0 Å². The molecule has 1 atom stereocenters. The monoisotopic (exact) mass is 353 g/mol. The molecule has 21 heavy (non-hydrogen) atoms. The number of hydrogen-bond acceptors (Lipinski definition) is 2. The Morgan fingerprint density at radius 2 is 1.90 bits per heavy atom. The predicted octanol–water partition coefficient (Wildman–Crippen LogP) is 5.23. The van der Waals surface area contributed by atoms with Crippen molar-refractivity contribution in [2.45, 2.75) is 64.1 Å². The van der Waals surface area contributed by atoms with E-state index in [1.807, 2.05) is 0 Å². The number of benzene rings is 1. The van der Waals surface area contributed by atoms with Crippen molar-refractivity contribution >= 4 is 15.9 Å². The second-order valence-electron chi connectivity index (χ2n) is 5.96. The molecule has 1 saturated carbocycles. The van der Waals surface area contributed by atoms with Crippen molar-refractivity contribution in [1.82, 2.24) is 5.32 Å². The molecule has 2 nitrogen and oxygen atoms in total. The van der Waals surface area contributed by atoms with Gasteiger partial charge in [0.15, 0.2) is 0 Å². The van der Waals surface area contributed by atoms with Crippen LogP contribution in [0, 0.1) is 0 Å². The number of ether oxygens (including phenoxy) is 1. The maximum absolute atomic E-state index is 6.49. The zero-order valence-corrected chi connectivity index (χ0v) is 14.7. The van der Waals surface area contributed by atoms with Gasteiger partial charge in [0.2, 0.25) is 0 Å². The second-order valence-corrected chi connectivity index (χ2v) is 6.82. The van der Waals surface area contributed by atoms with Gasteiger partial charge in [0, 0.05) is 11.0 Å². The smallest absolute Gasteiger partial charge is 0.0963 e. The van der Waals surface area contributed by atoms with Crippen LogP contribution in [0.5, 0.6) is 0 Å². The van der Waals surface area contributed by atoms with Gasteiger partial charge in [-0.15, -0.1) is 0 Å². The van der Waals surface area contributed by atoms with Crippen molar-refractivity contribution in [3.05, 3.63) is 34.3 Å². The van der Waals surface area contributed by atoms with E-state index in [0.717, 1.165) is 24.0 Å². The van der Waals surface area contributed by atoms with E-state index in [4.69, 9.17) is 4.74 Å². The van der Waals surface area contributed by atoms with Crippen LogP contribution in [0.2, 0.25) is 0 Å². The first-order chi connectivity index (χ1) is 10.3. The average Bonchev–Trinajstić information content (AvgIpc) is 2.76. The van der Waals surface area contributed by atoms with Crippen molar-refractivity contribution in [2.75, 3.05) is 13.1 Å². The highest BCUT2D eigenvalue weighted by molar-refractivity contribution is 9.10. The van der Waals surface area contributed by atoms with Gasteiger partial charge in [-0.25, -0.2) is 0 Å². The van der Waals surface area contributed by atoms with Crippen LogP contribution in [-0.4, -0.2) is 19.2 Å². The first kappa shape index (κ1) is 17.0. The summed E-state index contributed by atoms with van der Waals surface area (Å²) in [6.45, 7) is 4.15. The third-order valence-corrected chi connectivity index (χ3v) is 4.89. The maximum Gasteiger partial charge on any atom is 0.0963 e. The predicted molar refractivity (Wildman–Crippen MR) is 92.6 cm³/mol. The lowest BCUT2D eigenvalue weighted by Gasteiger charge is -2.25. The third kappa shape index (κ3) is 5.72. The Balaban J connectivity index is 2.02. The first-order valence-electron chi connectivity index (χ1n) is 8.42. The van der Waals surface area contributed by atoms with Gasteiger partial charge in [0.05, 0.1) is 12.2 Å². The molecule has 1 fully saturated rings. The molecule has 0 radical (unpaired) electrons. The van der Waals surface area contributed by atoms with E-state index in [-0.39, 0.29) is 6.10 Å². The summed E-state index contributed by atoms with van der Waals surface area (Å²) in [6.07, 6.45) is 9.53. The fourth-order valence-electron chi connectivity index (χ4n) is 2.99. The van der Waals surface area contributed by atoms with Crippen molar-refractivity contribution in [1.29, 1.82) is 0 Å². The van der Waals surface area contributed by atoms with Gasteiger partial charge in [0.1, 0.15) is 0 Å². The molecule has 3 heteroatoms. The van der Waals surface area contributed by atoms with Gasteiger partial charge in [-0.1, -0.05) is 66.7 Å². The zero-order chi connectivity index (χ0) is 14.9. The minimum absolute atomic E-state index is 0.148. The van der Waals surface area contributed by atoms with Gasteiger partial charge in [0.25, 0.3) is 0 Å². The summed E-state index contributed by atoms with van der Waals surface area (Å²) in [4.78, 5) is 0. The average molecular weight is 354 g/mol. The van der Waals surface area contributed by atoms with Gasteiger partial charge < -0.3 is 10.1 Å². The molecule has 1 aliphatic rings. The molecule has 0 aliphatic heterocycles. The van der Waals surface area contributed by atoms with Gasteiger partial charge >= 0.3 is 0 Å². The van der Waals surface area contributed by atoms with Crippen molar-refractivity contribution in [2.24, 2.45) is 0 Å². The van der Waals surface area contributed by atoms with Crippen molar-refractivity contribution in [3.63, 3.8) is 0 Å². The van der Waals surface area contributed by atoms with Crippen LogP contribution in [0.4, 0.5) is 0 Å². The Hall–Kier alpha value is -0.380. The molecule has 0 saturated heterocycles. The molecule has 0 amide bonds. The summed E-state index contributed by atoms with van der Waals surface area (Å²) in [6, 6.07) is 8.46.